The summed E-state index contributed by atoms with van der Waals surface area (Å²) in [6.07, 6.45) is -15.8. The van der Waals surface area contributed by atoms with Crippen LogP contribution in [0.1, 0.15) is 117 Å². The molecular weight excluding hydrogens is 1990 g/mol. The van der Waals surface area contributed by atoms with Gasteiger partial charge in [-0.25, -0.2) is 75.1 Å². The number of amides is 5. The third-order valence-electron chi connectivity index (χ3n) is 20.4. The van der Waals surface area contributed by atoms with Crippen LogP contribution in [0.2, 0.25) is 0 Å². The molecule has 35 nitrogen and oxygen atoms in total. The lowest BCUT2D eigenvalue weighted by Crippen LogP contribution is -2.48. The number of Topliss-reactive ketones (excluding diaryl/α,β-unsaturated/α-hetero) is 1. The number of allylic oxidation sites excluding steroid dienone is 1. The first-order valence-corrected chi connectivity index (χ1v) is 45.8. The van der Waals surface area contributed by atoms with E-state index in [1.165, 1.54) is 35.5 Å². The Morgan fingerprint density at radius 3 is 1.08 bits per heavy atom. The number of nitrogen functional groups attached to an aromatic ring is 1. The molecule has 4 aromatic carbocycles. The number of pyridine rings is 2. The average molecular weight is 2110 g/mol. The summed E-state index contributed by atoms with van der Waals surface area (Å²) in [5.41, 5.74) is 7.86. The van der Waals surface area contributed by atoms with Crippen molar-refractivity contribution >= 4 is 109 Å². The summed E-state index contributed by atoms with van der Waals surface area (Å²) in [4.78, 5) is 136. The lowest BCUT2D eigenvalue weighted by atomic mass is 10.0. The number of ether oxygens (including phenoxy) is 13. The summed E-state index contributed by atoms with van der Waals surface area (Å²) in [6, 6.07) is 40.4. The minimum absolute atomic E-state index is 0.00650. The van der Waals surface area contributed by atoms with Crippen LogP contribution in [-0.4, -0.2) is 318 Å². The number of aliphatic carboxylic acids is 2. The molecule has 768 valence electrons. The van der Waals surface area contributed by atoms with Crippen molar-refractivity contribution in [3.05, 3.63) is 206 Å². The van der Waals surface area contributed by atoms with Gasteiger partial charge in [0.25, 0.3) is 0 Å². The molecule has 6 saturated heterocycles. The fraction of sp³-hybridized carbons (Fsp3) is 0.521. The normalized spacial score (nSPS) is 22.7. The zero-order valence-electron chi connectivity index (χ0n) is 80.9. The second kappa shape index (κ2) is 57.7. The summed E-state index contributed by atoms with van der Waals surface area (Å²) in [5.74, 6) is -4.08. The highest BCUT2D eigenvalue weighted by Gasteiger charge is 2.55. The van der Waals surface area contributed by atoms with Gasteiger partial charge in [-0.1, -0.05) is 145 Å². The first-order chi connectivity index (χ1) is 65.4. The van der Waals surface area contributed by atoms with Gasteiger partial charge in [0, 0.05) is 68.4 Å². The Morgan fingerprint density at radius 1 is 0.446 bits per heavy atom. The Bertz CT molecular complexity index is 4790. The number of hydrogen-bond acceptors (Lipinski definition) is 28. The van der Waals surface area contributed by atoms with Gasteiger partial charge >= 0.3 is 54.3 Å². The second-order valence-electron chi connectivity index (χ2n) is 35.1. The molecule has 5 amide bonds. The number of methoxy groups -OCH3 is 5. The number of aliphatic hydroxyl groups excluding tert-OH is 1. The lowest BCUT2D eigenvalue weighted by molar-refractivity contribution is -0.154. The van der Waals surface area contributed by atoms with Crippen LogP contribution in [0.5, 0.6) is 0 Å². The van der Waals surface area contributed by atoms with Crippen molar-refractivity contribution in [3.8, 4) is 0 Å². The number of anilines is 1. The molecule has 5 N–H and O–H groups in total. The fourth-order valence-electron chi connectivity index (χ4n) is 14.0. The maximum atomic E-state index is 14.7. The highest BCUT2D eigenvalue weighted by molar-refractivity contribution is 9.10. The molecule has 0 aliphatic carbocycles. The molecule has 6 aromatic rings. The maximum absolute atomic E-state index is 14.7. The van der Waals surface area contributed by atoms with Gasteiger partial charge in [0.05, 0.1) is 39.1 Å². The molecule has 0 radical (unpaired) electrons. The minimum atomic E-state index is -1.76. The van der Waals surface area contributed by atoms with E-state index in [-0.39, 0.29) is 71.4 Å². The van der Waals surface area contributed by atoms with Gasteiger partial charge < -0.3 is 87.5 Å². The summed E-state index contributed by atoms with van der Waals surface area (Å²) in [6.45, 7) is 18.7. The number of carbonyl (C=O) groups is 10. The number of alkyl halides is 5. The smallest absolute Gasteiger partial charge is 0.411 e. The van der Waals surface area contributed by atoms with E-state index in [2.05, 4.69) is 41.8 Å². The number of carbonyl (C=O) groups excluding carboxylic acids is 8. The first kappa shape index (κ1) is 119. The van der Waals surface area contributed by atoms with Crippen LogP contribution in [-0.2, 0) is 118 Å². The molecule has 139 heavy (non-hydrogen) atoms. The summed E-state index contributed by atoms with van der Waals surface area (Å²) >= 11 is 12.2. The van der Waals surface area contributed by atoms with E-state index in [0.717, 1.165) is 81.5 Å². The van der Waals surface area contributed by atoms with Gasteiger partial charge in [-0.2, -0.15) is 0 Å². The molecule has 8 heterocycles. The van der Waals surface area contributed by atoms with E-state index in [4.69, 9.17) is 94.2 Å². The Labute approximate surface area is 827 Å². The summed E-state index contributed by atoms with van der Waals surface area (Å²) in [5, 5.41) is 27.4. The summed E-state index contributed by atoms with van der Waals surface area (Å²) < 4.78 is 138. The predicted molar refractivity (Wildman–Crippen MR) is 507 cm³/mol. The molecule has 0 spiro atoms. The number of halogens is 8. The molecule has 2 aromatic heterocycles. The van der Waals surface area contributed by atoms with Crippen LogP contribution in [0.15, 0.2) is 178 Å². The molecule has 1 unspecified atom stereocenters. The third kappa shape index (κ3) is 39.2. The monoisotopic (exact) mass is 2110 g/mol. The highest BCUT2D eigenvalue weighted by Crippen LogP contribution is 2.33. The number of aromatic nitrogens is 2. The Morgan fingerprint density at radius 2 is 0.777 bits per heavy atom. The van der Waals surface area contributed by atoms with E-state index in [1.54, 1.807) is 135 Å². The fourth-order valence-corrected chi connectivity index (χ4v) is 14.7. The van der Waals surface area contributed by atoms with E-state index in [9.17, 15) is 69.9 Å². The van der Waals surface area contributed by atoms with Crippen molar-refractivity contribution in [2.75, 3.05) is 94.7 Å². The number of carboxylic acids is 2. The van der Waals surface area contributed by atoms with Crippen LogP contribution in [0, 0.1) is 0 Å². The maximum Gasteiger partial charge on any atom is 0.411 e. The molecule has 43 heteroatoms. The standard InChI is InChI=1S/2C21H22FNO5.C17H22BrFN2O4.2C11H18FNO5.C6H12ClN.C5H5BrN2.C4H8O2/c1-26-19-17(22)12-23(21(25)28-14-16-10-6-3-7-11-16)18(19)20(24)27-13-15-8-4-2-5-9-15;1-26-17-12-23(21(25)28-14-16-10-6-3-7-11-16)19(18(17)22)20(24)27-13-15-8-4-2-5-9-15;1-17(2,3)25-16(23)21-9-11(19)15(24-4)14(21)12(22)8-10-6-5-7-13(18)20-10;1-11(2,3)18-10(16)13-5-6(12)8(17-4)7(13)9(14)15;1-11(2,3)18-10(16)13-5-6(17-4)7(12)8(13)9(14)15;1-5(2)6(7)8(3)4;6-4-2-1-3-5(7)8-4;5-4-2-1-3-6-4/h2*2-11,17-19H,12-14H2,1H3;5-7,11,14-15H,8-9H2,1-4H3;2*6-8H,5H2,1-4H3,(H,14,15);1-4H3;1-3H,(H2,7,8);4-5H,1-3H2/t17-,18-,19+;17-,18+,19+;11-,14+,15+;6-,7-,8+;6-,7+,8+;;;/m01001.../s1. The molecule has 0 saturated carbocycles. The minimum Gasteiger partial charge on any atom is -0.480 e. The number of likely N-dealkylation sites (tertiary alicyclic amines) is 5. The van der Waals surface area contributed by atoms with Crippen molar-refractivity contribution in [1.82, 2.24) is 39.4 Å². The third-order valence-corrected chi connectivity index (χ3v) is 22.0. The number of hydrogen-bond donors (Lipinski definition) is 4. The molecule has 16 atom stereocenters. The molecule has 0 bridgehead atoms. The van der Waals surface area contributed by atoms with Crippen molar-refractivity contribution < 1.29 is 147 Å². The topological polar surface area (TPSA) is 423 Å². The van der Waals surface area contributed by atoms with Crippen LogP contribution < -0.4 is 5.73 Å². The van der Waals surface area contributed by atoms with Gasteiger partial charge in [0.2, 0.25) is 0 Å². The number of nitrogens with zero attached hydrogens (tertiary/aromatic N) is 8. The largest absolute Gasteiger partial charge is 0.480 e. The summed E-state index contributed by atoms with van der Waals surface area (Å²) in [7, 11) is 10.3. The predicted octanol–water partition coefficient (Wildman–Crippen LogP) is 14.8. The zero-order valence-corrected chi connectivity index (χ0v) is 84.8. The number of ketones is 1. The number of esters is 2. The molecule has 6 aliphatic heterocycles. The lowest BCUT2D eigenvalue weighted by Gasteiger charge is -2.29. The van der Waals surface area contributed by atoms with Crippen molar-refractivity contribution in [1.29, 1.82) is 0 Å². The number of benzene rings is 4. The quantitative estimate of drug-likeness (QED) is 0.0171. The number of rotatable bonds is 21. The van der Waals surface area contributed by atoms with Gasteiger partial charge in [-0.15, -0.1) is 0 Å². The van der Waals surface area contributed by atoms with E-state index >= 15 is 0 Å². The Hall–Kier alpha value is -11.0. The van der Waals surface area contributed by atoms with Crippen molar-refractivity contribution in [2.45, 2.75) is 237 Å². The Kier molecular flexibility index (Phi) is 49.2. The zero-order chi connectivity index (χ0) is 104. The van der Waals surface area contributed by atoms with Crippen LogP contribution in [0.4, 0.5) is 51.7 Å². The Balaban J connectivity index is 0.000000292. The van der Waals surface area contributed by atoms with Gasteiger partial charge in [-0.3, -0.25) is 29.3 Å². The molecule has 6 fully saturated rings. The van der Waals surface area contributed by atoms with E-state index in [0.29, 0.717) is 16.1 Å². The van der Waals surface area contributed by atoms with E-state index in [1.807, 2.05) is 118 Å². The molecule has 6 aliphatic rings. The van der Waals surface area contributed by atoms with Crippen LogP contribution >= 0.6 is 43.5 Å². The highest BCUT2D eigenvalue weighted by atomic mass is 79.9. The molecule has 12 rings (SSSR count). The number of aliphatic hydroxyl groups is 1. The van der Waals surface area contributed by atoms with Crippen LogP contribution in [0.3, 0.4) is 0 Å². The van der Waals surface area contributed by atoms with Gasteiger partial charge in [0.15, 0.2) is 48.6 Å². The average Bonchev–Trinajstić information content (AvgIpc) is 1.70. The van der Waals surface area contributed by atoms with Gasteiger partial charge in [0.1, 0.15) is 118 Å². The van der Waals surface area contributed by atoms with Crippen LogP contribution in [0.25, 0.3) is 0 Å². The second-order valence-corrected chi connectivity index (χ2v) is 37.1. The SMILES string of the molecule is CC(C)=C(Cl)N(C)C.CO[C@@H]1CN(C(=O)OC(C)(C)C)[C@H](C(=O)O)[C@H]1F.CO[C@@H]1CN(C(=O)OCc2ccccc2)[C@H](C(=O)OCc2ccccc2)[C@H]1F.CO[C@H]1[C@@H](C(=O)Cc2cccc(Br)n2)N(C(=O)OC(C)(C)C)C[C@@H]1F.CO[C@H]1[C@@H](C(=O)O)N(C(=O)OC(C)(C)C)C[C@@H]1F.CO[C@H]1[C@@H](C(=O)OCc2ccccc2)N(C(=O)OCc2ccccc2)C[C@@H]1F.Nc1cccc(Br)n1.OC1CCCO1. The first-order valence-electron chi connectivity index (χ1n) is 43.9. The number of nitrogens with two attached hydrogens (primary N) is 1. The van der Waals surface area contributed by atoms with Crippen molar-refractivity contribution in [2.24, 2.45) is 0 Å². The number of carboxylic acid groups (broad SMARTS) is 2. The van der Waals surface area contributed by atoms with Gasteiger partial charge in [-0.05, 0) is 167 Å². The van der Waals surface area contributed by atoms with Crippen molar-refractivity contribution in [3.63, 3.8) is 0 Å². The van der Waals surface area contributed by atoms with E-state index < -0.39 is 169 Å². The molecular formula is C96H127Br2ClF5N9O26.